The lowest BCUT2D eigenvalue weighted by molar-refractivity contribution is -0.144. The first-order valence-corrected chi connectivity index (χ1v) is 11.6. The molecular weight excluding hydrogens is 462 g/mol. The number of aliphatic hydroxyl groups excluding tert-OH is 2. The van der Waals surface area contributed by atoms with E-state index in [-0.39, 0.29) is 36.1 Å². The summed E-state index contributed by atoms with van der Waals surface area (Å²) >= 11 is 6.38. The number of carbonyl (C=O) groups excluding carboxylic acids is 3. The van der Waals surface area contributed by atoms with Crippen LogP contribution in [0.5, 0.6) is 5.75 Å². The van der Waals surface area contributed by atoms with Crippen LogP contribution in [0.15, 0.2) is 39.8 Å². The maximum Gasteiger partial charge on any atom is 0.255 e. The Morgan fingerprint density at radius 2 is 1.94 bits per heavy atom. The second kappa shape index (κ2) is 8.60. The molecule has 0 aliphatic heterocycles. The Kier molecular flexibility index (Phi) is 6.08. The zero-order valence-electron chi connectivity index (χ0n) is 18.6. The molecule has 34 heavy (non-hydrogen) atoms. The Morgan fingerprint density at radius 1 is 1.24 bits per heavy atom. The zero-order chi connectivity index (χ0) is 24.9. The average molecular weight is 488 g/mol. The van der Waals surface area contributed by atoms with Gasteiger partial charge in [-0.25, -0.2) is 0 Å². The van der Waals surface area contributed by atoms with Crippen LogP contribution in [0, 0.1) is 11.8 Å². The lowest BCUT2D eigenvalue weighted by Gasteiger charge is -2.45. The number of carbonyl (C=O) groups is 3. The van der Waals surface area contributed by atoms with Gasteiger partial charge in [-0.05, 0) is 54.9 Å². The van der Waals surface area contributed by atoms with Crippen molar-refractivity contribution in [3.8, 4) is 5.75 Å². The van der Waals surface area contributed by atoms with Crippen LogP contribution < -0.4 is 5.73 Å². The number of rotatable bonds is 5. The second-order valence-electron chi connectivity index (χ2n) is 9.13. The number of phenolic OH excluding ortho intramolecular Hbond substituents is 1. The van der Waals surface area contributed by atoms with Crippen LogP contribution >= 0.6 is 11.6 Å². The second-order valence-corrected chi connectivity index (χ2v) is 9.62. The van der Waals surface area contributed by atoms with E-state index in [2.05, 4.69) is 0 Å². The third-order valence-electron chi connectivity index (χ3n) is 7.06. The number of hydrogen-bond donors (Lipinski definition) is 5. The van der Waals surface area contributed by atoms with Crippen molar-refractivity contribution in [1.29, 1.82) is 0 Å². The Morgan fingerprint density at radius 3 is 2.59 bits per heavy atom. The highest BCUT2D eigenvalue weighted by Crippen LogP contribution is 2.51. The standard InChI is InChI=1S/C25H26ClNO7/c1-2-3-4-14(26)8-11-5-6-16(28)19-15(11)9-12-7-13-10-17(29)20(24(27)33)23(32)25(13,34)22(31)18(12)21(19)30/h5-6,8,12-13,28-29,31,34H,2-4,7,9-10H2,1H3,(H2,27,33)/b14-8-/t12-,13+,25+/m1/s1. The van der Waals surface area contributed by atoms with Gasteiger partial charge < -0.3 is 26.2 Å². The van der Waals surface area contributed by atoms with Crippen LogP contribution in [0.25, 0.3) is 6.08 Å². The summed E-state index contributed by atoms with van der Waals surface area (Å²) in [5, 5.41) is 43.6. The summed E-state index contributed by atoms with van der Waals surface area (Å²) in [4.78, 5) is 38.1. The molecule has 1 amide bonds. The topological polar surface area (TPSA) is 158 Å². The summed E-state index contributed by atoms with van der Waals surface area (Å²) in [5.74, 6) is -6.42. The zero-order valence-corrected chi connectivity index (χ0v) is 19.4. The minimum absolute atomic E-state index is 0.0228. The smallest absolute Gasteiger partial charge is 0.255 e. The van der Waals surface area contributed by atoms with Crippen molar-refractivity contribution in [2.75, 3.05) is 0 Å². The van der Waals surface area contributed by atoms with E-state index in [9.17, 15) is 34.8 Å². The highest BCUT2D eigenvalue weighted by atomic mass is 35.5. The number of halogens is 1. The van der Waals surface area contributed by atoms with Crippen LogP contribution in [-0.2, 0) is 16.0 Å². The fourth-order valence-corrected chi connectivity index (χ4v) is 5.62. The maximum atomic E-state index is 13.5. The molecule has 0 heterocycles. The third-order valence-corrected chi connectivity index (χ3v) is 7.36. The SMILES string of the molecule is CCCC/C(Cl)=C/c1ccc(O)c2c1C[C@H]1C[C@H]3CC(O)=C(C(N)=O)C(=O)[C@@]3(O)C(O)=C1C2=O. The van der Waals surface area contributed by atoms with Gasteiger partial charge in [0.05, 0.1) is 5.56 Å². The first-order chi connectivity index (χ1) is 16.0. The molecule has 180 valence electrons. The number of phenols is 1. The Balaban J connectivity index is 1.84. The number of unbranched alkanes of at least 4 members (excludes halogenated alkanes) is 1. The van der Waals surface area contributed by atoms with E-state index in [4.69, 9.17) is 17.3 Å². The Bertz CT molecular complexity index is 1210. The molecular formula is C25H26ClNO7. The third kappa shape index (κ3) is 3.52. The van der Waals surface area contributed by atoms with Gasteiger partial charge >= 0.3 is 0 Å². The molecule has 1 aromatic carbocycles. The first-order valence-electron chi connectivity index (χ1n) is 11.2. The number of hydrogen-bond acceptors (Lipinski definition) is 7. The monoisotopic (exact) mass is 487 g/mol. The molecule has 9 heteroatoms. The number of fused-ring (bicyclic) bond motifs is 3. The number of allylic oxidation sites excluding steroid dienone is 3. The molecule has 0 bridgehead atoms. The molecule has 0 saturated carbocycles. The van der Waals surface area contributed by atoms with Gasteiger partial charge in [-0.1, -0.05) is 31.0 Å². The quantitative estimate of drug-likeness (QED) is 0.398. The van der Waals surface area contributed by atoms with Crippen molar-refractivity contribution in [2.24, 2.45) is 17.6 Å². The van der Waals surface area contributed by atoms with Gasteiger partial charge in [0.25, 0.3) is 5.91 Å². The van der Waals surface area contributed by atoms with Crippen molar-refractivity contribution in [3.05, 3.63) is 56.5 Å². The average Bonchev–Trinajstić information content (AvgIpc) is 2.76. The van der Waals surface area contributed by atoms with Crippen molar-refractivity contribution < 1.29 is 34.8 Å². The van der Waals surface area contributed by atoms with E-state index < -0.39 is 52.0 Å². The summed E-state index contributed by atoms with van der Waals surface area (Å²) in [5.41, 5.74) is 2.87. The predicted octanol–water partition coefficient (Wildman–Crippen LogP) is 3.35. The predicted molar refractivity (Wildman–Crippen MR) is 124 cm³/mol. The van der Waals surface area contributed by atoms with Gasteiger partial charge in [0, 0.05) is 22.9 Å². The Labute approximate surface area is 201 Å². The lowest BCUT2D eigenvalue weighted by Crippen LogP contribution is -2.57. The van der Waals surface area contributed by atoms with Gasteiger partial charge in [0.15, 0.2) is 11.4 Å². The molecule has 0 aromatic heterocycles. The molecule has 8 nitrogen and oxygen atoms in total. The molecule has 0 saturated heterocycles. The molecule has 1 aromatic rings. The van der Waals surface area contributed by atoms with Crippen molar-refractivity contribution in [3.63, 3.8) is 0 Å². The number of nitrogens with two attached hydrogens (primary N) is 1. The van der Waals surface area contributed by atoms with Crippen LogP contribution in [-0.4, -0.2) is 43.5 Å². The summed E-state index contributed by atoms with van der Waals surface area (Å²) in [6.45, 7) is 2.05. The molecule has 0 spiro atoms. The van der Waals surface area contributed by atoms with E-state index in [1.807, 2.05) is 6.92 Å². The number of aromatic hydroxyl groups is 1. The van der Waals surface area contributed by atoms with E-state index >= 15 is 0 Å². The highest BCUT2D eigenvalue weighted by Gasteiger charge is 2.59. The highest BCUT2D eigenvalue weighted by molar-refractivity contribution is 6.31. The van der Waals surface area contributed by atoms with Crippen LogP contribution in [0.4, 0.5) is 0 Å². The maximum absolute atomic E-state index is 13.5. The van der Waals surface area contributed by atoms with Gasteiger partial charge in [0.1, 0.15) is 22.8 Å². The molecule has 0 radical (unpaired) electrons. The summed E-state index contributed by atoms with van der Waals surface area (Å²) in [6.07, 6.45) is 4.36. The van der Waals surface area contributed by atoms with E-state index in [1.165, 1.54) is 6.07 Å². The molecule has 3 aliphatic carbocycles. The number of amides is 1. The van der Waals surface area contributed by atoms with Crippen LogP contribution in [0.3, 0.4) is 0 Å². The fraction of sp³-hybridized carbons (Fsp3) is 0.400. The molecule has 3 aliphatic rings. The fourth-order valence-electron chi connectivity index (χ4n) is 5.37. The summed E-state index contributed by atoms with van der Waals surface area (Å²) in [6, 6.07) is 3.03. The van der Waals surface area contributed by atoms with Crippen LogP contribution in [0.1, 0.15) is 60.5 Å². The molecule has 4 rings (SSSR count). The van der Waals surface area contributed by atoms with Gasteiger partial charge in [-0.15, -0.1) is 0 Å². The lowest BCUT2D eigenvalue weighted by atomic mass is 9.60. The molecule has 6 N–H and O–H groups in total. The first kappa shape index (κ1) is 24.0. The number of primary amides is 1. The minimum atomic E-state index is -2.56. The number of aliphatic hydroxyl groups is 3. The van der Waals surface area contributed by atoms with Crippen molar-refractivity contribution >= 4 is 35.2 Å². The minimum Gasteiger partial charge on any atom is -0.511 e. The summed E-state index contributed by atoms with van der Waals surface area (Å²) < 4.78 is 0. The van der Waals surface area contributed by atoms with Crippen molar-refractivity contribution in [2.45, 2.75) is 51.0 Å². The Hall–Kier alpha value is -3.10. The number of benzene rings is 1. The number of Topliss-reactive ketones (excluding diaryl/α,β-unsaturated/α-hetero) is 2. The molecule has 3 atom stereocenters. The van der Waals surface area contributed by atoms with E-state index in [0.717, 1.165) is 12.8 Å². The number of ketones is 2. The van der Waals surface area contributed by atoms with Gasteiger partial charge in [-0.3, -0.25) is 14.4 Å². The largest absolute Gasteiger partial charge is 0.511 e. The molecule has 0 unspecified atom stereocenters. The van der Waals surface area contributed by atoms with E-state index in [0.29, 0.717) is 22.6 Å². The molecule has 0 fully saturated rings. The van der Waals surface area contributed by atoms with E-state index in [1.54, 1.807) is 12.1 Å². The van der Waals surface area contributed by atoms with Crippen LogP contribution in [0.2, 0.25) is 0 Å². The summed E-state index contributed by atoms with van der Waals surface area (Å²) in [7, 11) is 0. The van der Waals surface area contributed by atoms with Gasteiger partial charge in [-0.2, -0.15) is 0 Å². The van der Waals surface area contributed by atoms with Gasteiger partial charge in [0.2, 0.25) is 5.78 Å². The normalized spacial score (nSPS) is 26.9. The van der Waals surface area contributed by atoms with Crippen molar-refractivity contribution in [1.82, 2.24) is 0 Å².